The summed E-state index contributed by atoms with van der Waals surface area (Å²) in [6.07, 6.45) is 1.45. The second kappa shape index (κ2) is 6.06. The van der Waals surface area contributed by atoms with Gasteiger partial charge >= 0.3 is 0 Å². The molecule has 0 spiro atoms. The van der Waals surface area contributed by atoms with E-state index in [1.54, 1.807) is 7.11 Å². The van der Waals surface area contributed by atoms with Crippen molar-refractivity contribution in [3.63, 3.8) is 0 Å². The maximum Gasteiger partial charge on any atom is 0.124 e. The SMILES string of the molecule is COc1cc(Cl)cc(C(C)CC=O)c1C(C)C. The highest BCUT2D eigenvalue weighted by Gasteiger charge is 2.18. The normalized spacial score (nSPS) is 12.6. The standard InChI is InChI=1S/C14H19ClO2/c1-9(2)14-12(10(3)5-6-16)7-11(15)8-13(14)17-4/h6-10H,5H2,1-4H3. The number of benzene rings is 1. The van der Waals surface area contributed by atoms with Crippen LogP contribution in [-0.4, -0.2) is 13.4 Å². The maximum absolute atomic E-state index is 10.6. The molecule has 0 amide bonds. The fourth-order valence-corrected chi connectivity index (χ4v) is 2.30. The predicted octanol–water partition coefficient (Wildman–Crippen LogP) is 4.16. The van der Waals surface area contributed by atoms with Gasteiger partial charge in [0.2, 0.25) is 0 Å². The van der Waals surface area contributed by atoms with Gasteiger partial charge in [0.15, 0.2) is 0 Å². The molecule has 0 saturated heterocycles. The Hall–Kier alpha value is -1.02. The molecule has 1 aromatic carbocycles. The number of carbonyl (C=O) groups is 1. The van der Waals surface area contributed by atoms with Gasteiger partial charge in [-0.05, 0) is 29.5 Å². The minimum absolute atomic E-state index is 0.164. The Balaban J connectivity index is 3.34. The highest BCUT2D eigenvalue weighted by Crippen LogP contribution is 2.37. The van der Waals surface area contributed by atoms with Crippen LogP contribution in [0, 0.1) is 0 Å². The molecule has 0 heterocycles. The first-order chi connectivity index (χ1) is 8.01. The number of hydrogen-bond acceptors (Lipinski definition) is 2. The van der Waals surface area contributed by atoms with Crippen LogP contribution in [0.5, 0.6) is 5.75 Å². The Bertz CT molecular complexity index is 399. The zero-order valence-corrected chi connectivity index (χ0v) is 11.5. The van der Waals surface area contributed by atoms with Crippen LogP contribution in [0.2, 0.25) is 5.02 Å². The monoisotopic (exact) mass is 254 g/mol. The third-order valence-electron chi connectivity index (χ3n) is 2.92. The molecule has 1 atom stereocenters. The Labute approximate surface area is 108 Å². The molecular formula is C14H19ClO2. The van der Waals surface area contributed by atoms with Gasteiger partial charge in [-0.15, -0.1) is 0 Å². The van der Waals surface area contributed by atoms with E-state index in [9.17, 15) is 4.79 Å². The van der Waals surface area contributed by atoms with E-state index in [1.165, 1.54) is 0 Å². The Kier molecular flexibility index (Phi) is 5.01. The van der Waals surface area contributed by atoms with Gasteiger partial charge < -0.3 is 9.53 Å². The van der Waals surface area contributed by atoms with Gasteiger partial charge in [-0.3, -0.25) is 0 Å². The quantitative estimate of drug-likeness (QED) is 0.738. The average Bonchev–Trinajstić information content (AvgIpc) is 2.27. The molecule has 0 saturated carbocycles. The molecule has 0 bridgehead atoms. The molecule has 94 valence electrons. The van der Waals surface area contributed by atoms with E-state index in [0.717, 1.165) is 23.2 Å². The zero-order valence-electron chi connectivity index (χ0n) is 10.8. The fraction of sp³-hybridized carbons (Fsp3) is 0.500. The molecule has 0 fully saturated rings. The number of rotatable bonds is 5. The highest BCUT2D eigenvalue weighted by atomic mass is 35.5. The Morgan fingerprint density at radius 3 is 2.47 bits per heavy atom. The number of hydrogen-bond donors (Lipinski definition) is 0. The summed E-state index contributed by atoms with van der Waals surface area (Å²) in [4.78, 5) is 10.6. The topological polar surface area (TPSA) is 26.3 Å². The van der Waals surface area contributed by atoms with Crippen molar-refractivity contribution in [3.05, 3.63) is 28.3 Å². The van der Waals surface area contributed by atoms with Crippen molar-refractivity contribution in [1.29, 1.82) is 0 Å². The fourth-order valence-electron chi connectivity index (χ4n) is 2.08. The van der Waals surface area contributed by atoms with Crippen LogP contribution in [0.25, 0.3) is 0 Å². The minimum atomic E-state index is 0.164. The van der Waals surface area contributed by atoms with Crippen molar-refractivity contribution in [1.82, 2.24) is 0 Å². The summed E-state index contributed by atoms with van der Waals surface area (Å²) in [6, 6.07) is 3.77. The first kappa shape index (κ1) is 14.0. The third kappa shape index (κ3) is 3.22. The largest absolute Gasteiger partial charge is 0.496 e. The number of carbonyl (C=O) groups excluding carboxylic acids is 1. The number of methoxy groups -OCH3 is 1. The lowest BCUT2D eigenvalue weighted by Crippen LogP contribution is -2.04. The van der Waals surface area contributed by atoms with E-state index >= 15 is 0 Å². The van der Waals surface area contributed by atoms with Crippen LogP contribution < -0.4 is 4.74 Å². The molecule has 0 N–H and O–H groups in total. The van der Waals surface area contributed by atoms with Crippen molar-refractivity contribution in [3.8, 4) is 5.75 Å². The molecule has 17 heavy (non-hydrogen) atoms. The van der Waals surface area contributed by atoms with E-state index in [-0.39, 0.29) is 5.92 Å². The summed E-state index contributed by atoms with van der Waals surface area (Å²) in [5.74, 6) is 1.31. The molecule has 0 radical (unpaired) electrons. The third-order valence-corrected chi connectivity index (χ3v) is 3.14. The lowest BCUT2D eigenvalue weighted by atomic mass is 9.87. The molecule has 1 unspecified atom stereocenters. The van der Waals surface area contributed by atoms with Crippen molar-refractivity contribution in [2.45, 2.75) is 39.0 Å². The summed E-state index contributed by atoms with van der Waals surface area (Å²) in [6.45, 7) is 6.26. The molecule has 1 rings (SSSR count). The van der Waals surface area contributed by atoms with Crippen LogP contribution in [0.3, 0.4) is 0 Å². The summed E-state index contributed by atoms with van der Waals surface area (Å²) >= 11 is 6.08. The van der Waals surface area contributed by atoms with E-state index in [4.69, 9.17) is 16.3 Å². The summed E-state index contributed by atoms with van der Waals surface area (Å²) < 4.78 is 5.38. The maximum atomic E-state index is 10.6. The van der Waals surface area contributed by atoms with E-state index in [0.29, 0.717) is 17.4 Å². The summed E-state index contributed by atoms with van der Waals surface area (Å²) in [5, 5.41) is 0.652. The second-order valence-electron chi connectivity index (χ2n) is 4.57. The van der Waals surface area contributed by atoms with Crippen molar-refractivity contribution in [2.24, 2.45) is 0 Å². The number of halogens is 1. The second-order valence-corrected chi connectivity index (χ2v) is 5.01. The van der Waals surface area contributed by atoms with Gasteiger partial charge in [-0.2, -0.15) is 0 Å². The van der Waals surface area contributed by atoms with Gasteiger partial charge in [0.25, 0.3) is 0 Å². The molecule has 0 aromatic heterocycles. The number of aldehydes is 1. The van der Waals surface area contributed by atoms with Gasteiger partial charge in [0.05, 0.1) is 7.11 Å². The van der Waals surface area contributed by atoms with Gasteiger partial charge in [-0.1, -0.05) is 32.4 Å². The van der Waals surface area contributed by atoms with Gasteiger partial charge in [0.1, 0.15) is 12.0 Å². The molecule has 2 nitrogen and oxygen atoms in total. The van der Waals surface area contributed by atoms with E-state index < -0.39 is 0 Å². The highest BCUT2D eigenvalue weighted by molar-refractivity contribution is 6.30. The van der Waals surface area contributed by atoms with Crippen LogP contribution in [0.4, 0.5) is 0 Å². The molecule has 0 aliphatic rings. The van der Waals surface area contributed by atoms with Crippen LogP contribution >= 0.6 is 11.6 Å². The van der Waals surface area contributed by atoms with Crippen LogP contribution in [-0.2, 0) is 4.79 Å². The van der Waals surface area contributed by atoms with Crippen LogP contribution in [0.1, 0.15) is 50.2 Å². The lowest BCUT2D eigenvalue weighted by Gasteiger charge is -2.20. The molecule has 0 aliphatic heterocycles. The van der Waals surface area contributed by atoms with Gasteiger partial charge in [0, 0.05) is 17.0 Å². The van der Waals surface area contributed by atoms with E-state index in [2.05, 4.69) is 13.8 Å². The van der Waals surface area contributed by atoms with Crippen molar-refractivity contribution >= 4 is 17.9 Å². The summed E-state index contributed by atoms with van der Waals surface area (Å²) in [5.41, 5.74) is 2.25. The molecular weight excluding hydrogens is 236 g/mol. The van der Waals surface area contributed by atoms with Crippen molar-refractivity contribution in [2.75, 3.05) is 7.11 Å². The van der Waals surface area contributed by atoms with E-state index in [1.807, 2.05) is 19.1 Å². The lowest BCUT2D eigenvalue weighted by molar-refractivity contribution is -0.108. The first-order valence-electron chi connectivity index (χ1n) is 5.82. The van der Waals surface area contributed by atoms with Crippen LogP contribution in [0.15, 0.2) is 12.1 Å². The Morgan fingerprint density at radius 2 is 2.00 bits per heavy atom. The number of ether oxygens (including phenoxy) is 1. The molecule has 3 heteroatoms. The molecule has 1 aromatic rings. The predicted molar refractivity (Wildman–Crippen MR) is 71.2 cm³/mol. The minimum Gasteiger partial charge on any atom is -0.496 e. The smallest absolute Gasteiger partial charge is 0.124 e. The average molecular weight is 255 g/mol. The Morgan fingerprint density at radius 1 is 1.35 bits per heavy atom. The van der Waals surface area contributed by atoms with Crippen molar-refractivity contribution < 1.29 is 9.53 Å². The van der Waals surface area contributed by atoms with Gasteiger partial charge in [-0.25, -0.2) is 0 Å². The molecule has 0 aliphatic carbocycles. The summed E-state index contributed by atoms with van der Waals surface area (Å²) in [7, 11) is 1.64. The first-order valence-corrected chi connectivity index (χ1v) is 6.20. The zero-order chi connectivity index (χ0) is 13.0.